The third kappa shape index (κ3) is 4.50. The maximum absolute atomic E-state index is 10.7. The highest BCUT2D eigenvalue weighted by Crippen LogP contribution is 2.22. The molecule has 5 N–H and O–H groups in total. The van der Waals surface area contributed by atoms with Gasteiger partial charge in [-0.25, -0.2) is 13.6 Å². The van der Waals surface area contributed by atoms with Crippen molar-refractivity contribution in [2.75, 3.05) is 23.3 Å². The van der Waals surface area contributed by atoms with Crippen LogP contribution in [0.2, 0.25) is 0 Å². The average Bonchev–Trinajstić information content (AvgIpc) is 2.07. The zero-order valence-corrected chi connectivity index (χ0v) is 10.3. The van der Waals surface area contributed by atoms with Crippen molar-refractivity contribution in [2.45, 2.75) is 0 Å². The zero-order valence-electron chi connectivity index (χ0n) is 7.90. The Labute approximate surface area is 97.0 Å². The van der Waals surface area contributed by atoms with Crippen molar-refractivity contribution in [1.29, 1.82) is 0 Å². The minimum atomic E-state index is -3.43. The van der Waals surface area contributed by atoms with Gasteiger partial charge in [-0.2, -0.15) is 0 Å². The third-order valence-electron chi connectivity index (χ3n) is 1.72. The van der Waals surface area contributed by atoms with Crippen molar-refractivity contribution in [3.63, 3.8) is 0 Å². The van der Waals surface area contributed by atoms with Gasteiger partial charge in [0.2, 0.25) is 10.0 Å². The van der Waals surface area contributed by atoms with Crippen LogP contribution in [0.5, 0.6) is 0 Å². The Hall–Kier alpha value is -0.790. The van der Waals surface area contributed by atoms with Gasteiger partial charge in [-0.05, 0) is 18.2 Å². The molecule has 0 spiro atoms. The smallest absolute Gasteiger partial charge is 0.210 e. The summed E-state index contributed by atoms with van der Waals surface area (Å²) in [6, 6.07) is 5.32. The van der Waals surface area contributed by atoms with Gasteiger partial charge >= 0.3 is 0 Å². The molecule has 0 saturated carbocycles. The minimum absolute atomic E-state index is 0.123. The third-order valence-corrected chi connectivity index (χ3v) is 2.98. The Morgan fingerprint density at radius 2 is 2.07 bits per heavy atom. The van der Waals surface area contributed by atoms with Gasteiger partial charge < -0.3 is 11.1 Å². The molecule has 1 aromatic rings. The number of nitrogens with two attached hydrogens (primary N) is 2. The van der Waals surface area contributed by atoms with Gasteiger partial charge in [-0.15, -0.1) is 0 Å². The Kier molecular flexibility index (Phi) is 3.95. The summed E-state index contributed by atoms with van der Waals surface area (Å²) < 4.78 is 22.2. The van der Waals surface area contributed by atoms with Gasteiger partial charge in [-0.3, -0.25) is 0 Å². The first kappa shape index (κ1) is 12.3. The highest BCUT2D eigenvalue weighted by molar-refractivity contribution is 9.10. The number of halogens is 1. The molecule has 0 aliphatic heterocycles. The highest BCUT2D eigenvalue weighted by atomic mass is 79.9. The van der Waals surface area contributed by atoms with E-state index >= 15 is 0 Å². The predicted octanol–water partition coefficient (Wildman–Crippen LogP) is 0.732. The molecule has 0 amide bonds. The molecule has 7 heteroatoms. The molecule has 0 atom stereocenters. The van der Waals surface area contributed by atoms with Crippen LogP contribution in [0.4, 0.5) is 11.4 Å². The van der Waals surface area contributed by atoms with Gasteiger partial charge in [0.05, 0.1) is 17.1 Å². The number of sulfonamides is 1. The van der Waals surface area contributed by atoms with Crippen LogP contribution in [-0.4, -0.2) is 20.7 Å². The SMILES string of the molecule is Nc1cc(Br)ccc1NCCS(N)(=O)=O. The molecule has 15 heavy (non-hydrogen) atoms. The van der Waals surface area contributed by atoms with E-state index in [9.17, 15) is 8.42 Å². The van der Waals surface area contributed by atoms with Crippen molar-refractivity contribution in [3.05, 3.63) is 22.7 Å². The van der Waals surface area contributed by atoms with Gasteiger partial charge in [-0.1, -0.05) is 15.9 Å². The van der Waals surface area contributed by atoms with E-state index in [1.54, 1.807) is 12.1 Å². The second kappa shape index (κ2) is 4.82. The fraction of sp³-hybridized carbons (Fsp3) is 0.250. The molecule has 1 aromatic carbocycles. The summed E-state index contributed by atoms with van der Waals surface area (Å²) in [6.45, 7) is 0.241. The second-order valence-corrected chi connectivity index (χ2v) is 5.67. The first-order valence-electron chi connectivity index (χ1n) is 4.18. The van der Waals surface area contributed by atoms with Gasteiger partial charge in [0, 0.05) is 11.0 Å². The van der Waals surface area contributed by atoms with Crippen LogP contribution < -0.4 is 16.2 Å². The van der Waals surface area contributed by atoms with E-state index in [4.69, 9.17) is 10.9 Å². The Bertz CT molecular complexity index is 447. The molecule has 0 radical (unpaired) electrons. The van der Waals surface area contributed by atoms with Crippen molar-refractivity contribution < 1.29 is 8.42 Å². The summed E-state index contributed by atoms with van der Waals surface area (Å²) >= 11 is 3.27. The van der Waals surface area contributed by atoms with E-state index in [2.05, 4.69) is 21.2 Å². The fourth-order valence-electron chi connectivity index (χ4n) is 1.02. The molecule has 0 aromatic heterocycles. The van der Waals surface area contributed by atoms with E-state index < -0.39 is 10.0 Å². The fourth-order valence-corrected chi connectivity index (χ4v) is 1.79. The van der Waals surface area contributed by atoms with Gasteiger partial charge in [0.15, 0.2) is 0 Å². The molecule has 5 nitrogen and oxygen atoms in total. The standard InChI is InChI=1S/C8H12BrN3O2S/c9-6-1-2-8(7(10)5-6)12-3-4-15(11,13)14/h1-2,5,12H,3-4,10H2,(H2,11,13,14). The first-order chi connectivity index (χ1) is 6.88. The lowest BCUT2D eigenvalue weighted by Gasteiger charge is -2.08. The van der Waals surface area contributed by atoms with Crippen molar-refractivity contribution in [3.8, 4) is 0 Å². The van der Waals surface area contributed by atoms with Crippen molar-refractivity contribution in [2.24, 2.45) is 5.14 Å². The van der Waals surface area contributed by atoms with Crippen LogP contribution >= 0.6 is 15.9 Å². The molecule has 0 fully saturated rings. The lowest BCUT2D eigenvalue weighted by Crippen LogP contribution is -2.22. The lowest BCUT2D eigenvalue weighted by atomic mass is 10.3. The summed E-state index contributed by atoms with van der Waals surface area (Å²) in [7, 11) is -3.43. The quantitative estimate of drug-likeness (QED) is 0.713. The number of anilines is 2. The van der Waals surface area contributed by atoms with E-state index in [0.29, 0.717) is 11.4 Å². The number of nitrogens with one attached hydrogen (secondary N) is 1. The number of nitrogen functional groups attached to an aromatic ring is 1. The summed E-state index contributed by atoms with van der Waals surface area (Å²) in [5.41, 5.74) is 6.95. The summed E-state index contributed by atoms with van der Waals surface area (Å²) in [5.74, 6) is -0.123. The van der Waals surface area contributed by atoms with Crippen molar-refractivity contribution >= 4 is 37.3 Å². The van der Waals surface area contributed by atoms with E-state index in [1.165, 1.54) is 0 Å². The zero-order chi connectivity index (χ0) is 11.5. The summed E-state index contributed by atoms with van der Waals surface area (Å²) in [4.78, 5) is 0. The molecule has 0 bridgehead atoms. The molecular weight excluding hydrogens is 282 g/mol. The van der Waals surface area contributed by atoms with Crippen LogP contribution in [-0.2, 0) is 10.0 Å². The number of hydrogen-bond donors (Lipinski definition) is 3. The van der Waals surface area contributed by atoms with Crippen molar-refractivity contribution in [1.82, 2.24) is 0 Å². The lowest BCUT2D eigenvalue weighted by molar-refractivity contribution is 0.598. The number of hydrogen-bond acceptors (Lipinski definition) is 4. The monoisotopic (exact) mass is 293 g/mol. The Balaban J connectivity index is 2.59. The maximum atomic E-state index is 10.7. The highest BCUT2D eigenvalue weighted by Gasteiger charge is 2.03. The summed E-state index contributed by atoms with van der Waals surface area (Å²) in [5, 5.41) is 7.75. The molecule has 1 rings (SSSR count). The maximum Gasteiger partial charge on any atom is 0.210 e. The topological polar surface area (TPSA) is 98.2 Å². The van der Waals surface area contributed by atoms with Gasteiger partial charge in [0.25, 0.3) is 0 Å². The summed E-state index contributed by atoms with van der Waals surface area (Å²) in [6.07, 6.45) is 0. The molecule has 84 valence electrons. The normalized spacial score (nSPS) is 11.3. The van der Waals surface area contributed by atoms with E-state index in [1.807, 2.05) is 6.07 Å². The number of benzene rings is 1. The van der Waals surface area contributed by atoms with Gasteiger partial charge in [0.1, 0.15) is 0 Å². The Morgan fingerprint density at radius 3 is 2.60 bits per heavy atom. The average molecular weight is 294 g/mol. The van der Waals surface area contributed by atoms with Crippen LogP contribution in [0.3, 0.4) is 0 Å². The predicted molar refractivity (Wildman–Crippen MR) is 65.0 cm³/mol. The van der Waals surface area contributed by atoms with E-state index in [0.717, 1.165) is 4.47 Å². The largest absolute Gasteiger partial charge is 0.397 e. The molecular formula is C8H12BrN3O2S. The number of rotatable bonds is 4. The molecule has 0 aliphatic rings. The number of primary sulfonamides is 1. The second-order valence-electron chi connectivity index (χ2n) is 3.03. The van der Waals surface area contributed by atoms with E-state index in [-0.39, 0.29) is 12.3 Å². The molecule has 0 unspecified atom stereocenters. The van der Waals surface area contributed by atoms with Crippen LogP contribution in [0.15, 0.2) is 22.7 Å². The molecule has 0 aliphatic carbocycles. The molecule has 0 saturated heterocycles. The minimum Gasteiger partial charge on any atom is -0.397 e. The van der Waals surface area contributed by atoms with Crippen LogP contribution in [0, 0.1) is 0 Å². The molecule has 0 heterocycles. The Morgan fingerprint density at radius 1 is 1.40 bits per heavy atom. The van der Waals surface area contributed by atoms with Crippen LogP contribution in [0.25, 0.3) is 0 Å². The van der Waals surface area contributed by atoms with Crippen LogP contribution in [0.1, 0.15) is 0 Å². The first-order valence-corrected chi connectivity index (χ1v) is 6.69.